The molecule has 0 radical (unpaired) electrons. The van der Waals surface area contributed by atoms with Crippen LogP contribution in [0.1, 0.15) is 129 Å². The van der Waals surface area contributed by atoms with Gasteiger partial charge in [-0.05, 0) is 96.3 Å². The number of allylic oxidation sites excluding steroid dienone is 23. The lowest BCUT2D eigenvalue weighted by atomic mass is 10.1. The van der Waals surface area contributed by atoms with Gasteiger partial charge in [0.05, 0.1) is 19.6 Å². The van der Waals surface area contributed by atoms with Gasteiger partial charge in [0.25, 0.3) is 0 Å². The molecule has 53 heavy (non-hydrogen) atoms. The van der Waals surface area contributed by atoms with Crippen LogP contribution in [0.4, 0.5) is 0 Å². The van der Waals surface area contributed by atoms with Crippen LogP contribution in [0.2, 0.25) is 0 Å². The molecule has 4 heteroatoms. The van der Waals surface area contributed by atoms with E-state index in [2.05, 4.69) is 148 Å². The van der Waals surface area contributed by atoms with Crippen LogP contribution in [-0.4, -0.2) is 37.0 Å². The molecule has 0 aliphatic heterocycles. The van der Waals surface area contributed by atoms with Crippen molar-refractivity contribution in [1.82, 2.24) is 0 Å². The normalized spacial score (nSPS) is 13.9. The van der Waals surface area contributed by atoms with Crippen molar-refractivity contribution in [1.29, 1.82) is 0 Å². The highest BCUT2D eigenvalue weighted by Crippen LogP contribution is 2.06. The Morgan fingerprint density at radius 1 is 0.453 bits per heavy atom. The van der Waals surface area contributed by atoms with E-state index in [4.69, 9.17) is 9.47 Å². The Balaban J connectivity index is 3.69. The van der Waals surface area contributed by atoms with E-state index in [1.165, 1.54) is 12.8 Å². The van der Waals surface area contributed by atoms with Gasteiger partial charge in [0, 0.05) is 6.61 Å². The Hall–Kier alpha value is -3.73. The lowest BCUT2D eigenvalue weighted by molar-refractivity contribution is -0.153. The van der Waals surface area contributed by atoms with Crippen molar-refractivity contribution in [2.45, 2.75) is 136 Å². The topological polar surface area (TPSA) is 55.8 Å². The highest BCUT2D eigenvalue weighted by atomic mass is 16.6. The standard InChI is InChI=1S/C49H74O4/c1-3-5-7-9-11-13-15-17-19-20-21-22-23-24-25-26-27-28-29-31-33-35-37-39-41-43-45-52-47-48(46-50)53-49(51)44-42-40-38-36-34-32-30-18-16-14-12-10-8-6-4-2/h5-8,11-14,17-19,21-22,24-25,27-28,30-31,33-34,36,40,42,48,50H,3-4,9-10,15-16,20,23,26,29,32,35,37-39,41,43-47H2,1-2H3/b7-5-,8-6-,13-11-,14-12-,19-17-,22-21-,25-24-,28-27-,30-18-,33-31-,36-34-,42-40-. The largest absolute Gasteiger partial charge is 0.457 e. The zero-order valence-electron chi connectivity index (χ0n) is 33.5. The first-order valence-corrected chi connectivity index (χ1v) is 20.4. The second kappa shape index (κ2) is 44.4. The summed E-state index contributed by atoms with van der Waals surface area (Å²) in [5.74, 6) is -0.345. The number of hydrogen-bond acceptors (Lipinski definition) is 4. The fraction of sp³-hybridized carbons (Fsp3) is 0.490. The number of hydrogen-bond donors (Lipinski definition) is 1. The first-order valence-electron chi connectivity index (χ1n) is 20.4. The molecule has 0 amide bonds. The summed E-state index contributed by atoms with van der Waals surface area (Å²) in [5, 5.41) is 9.56. The van der Waals surface area contributed by atoms with Crippen molar-refractivity contribution in [3.05, 3.63) is 146 Å². The number of aliphatic hydroxyl groups is 1. The Morgan fingerprint density at radius 3 is 1.17 bits per heavy atom. The molecular weight excluding hydrogens is 653 g/mol. The molecular formula is C49H74O4. The van der Waals surface area contributed by atoms with E-state index in [9.17, 15) is 9.90 Å². The number of carbonyl (C=O) groups is 1. The monoisotopic (exact) mass is 727 g/mol. The maximum Gasteiger partial charge on any atom is 0.310 e. The van der Waals surface area contributed by atoms with Gasteiger partial charge in [0.1, 0.15) is 6.10 Å². The average Bonchev–Trinajstić information content (AvgIpc) is 3.16. The van der Waals surface area contributed by atoms with Crippen molar-refractivity contribution >= 4 is 5.97 Å². The average molecular weight is 727 g/mol. The summed E-state index contributed by atoms with van der Waals surface area (Å²) >= 11 is 0. The number of unbranched alkanes of at least 4 members (excludes halogenated alkanes) is 4. The SMILES string of the molecule is CC/C=C\C/C=C\C/C=C\C/C=C\C/C=C\C/C=C\C/C=C\CCCCCCOCC(CO)OC(=O)C/C=C\C/C=C\C/C=C\C/C=C\C/C=C\CC. The quantitative estimate of drug-likeness (QED) is 0.0401. The molecule has 0 fully saturated rings. The lowest BCUT2D eigenvalue weighted by Crippen LogP contribution is -2.27. The molecule has 0 aliphatic carbocycles. The number of carbonyl (C=O) groups excluding carboxylic acids is 1. The van der Waals surface area contributed by atoms with Gasteiger partial charge in [0.2, 0.25) is 0 Å². The molecule has 0 bridgehead atoms. The predicted molar refractivity (Wildman–Crippen MR) is 232 cm³/mol. The maximum absolute atomic E-state index is 12.1. The minimum atomic E-state index is -0.614. The van der Waals surface area contributed by atoms with Crippen molar-refractivity contribution in [3.8, 4) is 0 Å². The van der Waals surface area contributed by atoms with E-state index in [0.717, 1.165) is 96.3 Å². The van der Waals surface area contributed by atoms with Gasteiger partial charge in [-0.2, -0.15) is 0 Å². The van der Waals surface area contributed by atoms with E-state index < -0.39 is 6.10 Å². The first kappa shape index (κ1) is 49.3. The lowest BCUT2D eigenvalue weighted by Gasteiger charge is -2.15. The molecule has 0 aliphatic rings. The molecule has 0 spiro atoms. The highest BCUT2D eigenvalue weighted by Gasteiger charge is 2.12. The van der Waals surface area contributed by atoms with Gasteiger partial charge in [-0.1, -0.05) is 173 Å². The Bertz CT molecular complexity index is 1170. The minimum Gasteiger partial charge on any atom is -0.457 e. The smallest absolute Gasteiger partial charge is 0.310 e. The molecule has 294 valence electrons. The van der Waals surface area contributed by atoms with E-state index >= 15 is 0 Å². The third-order valence-corrected chi connectivity index (χ3v) is 7.69. The Labute approximate surface area is 325 Å². The minimum absolute atomic E-state index is 0.194. The summed E-state index contributed by atoms with van der Waals surface area (Å²) in [4.78, 5) is 12.1. The van der Waals surface area contributed by atoms with Crippen molar-refractivity contribution in [3.63, 3.8) is 0 Å². The van der Waals surface area contributed by atoms with Gasteiger partial charge in [-0.3, -0.25) is 4.79 Å². The molecule has 1 atom stereocenters. The molecule has 0 aromatic rings. The molecule has 0 aromatic heterocycles. The van der Waals surface area contributed by atoms with Gasteiger partial charge in [-0.15, -0.1) is 0 Å². The molecule has 0 saturated heterocycles. The van der Waals surface area contributed by atoms with E-state index in [1.54, 1.807) is 0 Å². The Morgan fingerprint density at radius 2 is 0.792 bits per heavy atom. The maximum atomic E-state index is 12.1. The zero-order valence-corrected chi connectivity index (χ0v) is 33.5. The third kappa shape index (κ3) is 42.6. The van der Waals surface area contributed by atoms with Gasteiger partial charge in [-0.25, -0.2) is 0 Å². The summed E-state index contributed by atoms with van der Waals surface area (Å²) in [6, 6.07) is 0. The first-order chi connectivity index (χ1) is 26.2. The third-order valence-electron chi connectivity index (χ3n) is 7.69. The van der Waals surface area contributed by atoms with E-state index in [1.807, 2.05) is 12.2 Å². The molecule has 0 saturated carbocycles. The van der Waals surface area contributed by atoms with Crippen LogP contribution in [-0.2, 0) is 14.3 Å². The summed E-state index contributed by atoms with van der Waals surface area (Å²) in [7, 11) is 0. The van der Waals surface area contributed by atoms with Crippen molar-refractivity contribution < 1.29 is 19.4 Å². The summed E-state index contributed by atoms with van der Waals surface area (Å²) in [6.07, 6.45) is 69.2. The summed E-state index contributed by atoms with van der Waals surface area (Å²) < 4.78 is 11.0. The van der Waals surface area contributed by atoms with Gasteiger partial charge < -0.3 is 14.6 Å². The molecule has 0 aromatic carbocycles. The molecule has 0 rings (SSSR count). The van der Waals surface area contributed by atoms with E-state index in [-0.39, 0.29) is 25.6 Å². The number of rotatable bonds is 35. The van der Waals surface area contributed by atoms with Crippen molar-refractivity contribution in [2.75, 3.05) is 19.8 Å². The van der Waals surface area contributed by atoms with Gasteiger partial charge in [0.15, 0.2) is 0 Å². The number of ether oxygens (including phenoxy) is 2. The zero-order chi connectivity index (χ0) is 38.4. The predicted octanol–water partition coefficient (Wildman–Crippen LogP) is 13.6. The Kier molecular flexibility index (Phi) is 41.3. The second-order valence-electron chi connectivity index (χ2n) is 12.6. The molecule has 0 heterocycles. The molecule has 1 N–H and O–H groups in total. The van der Waals surface area contributed by atoms with Crippen LogP contribution in [0, 0.1) is 0 Å². The number of aliphatic hydroxyl groups excluding tert-OH is 1. The molecule has 1 unspecified atom stereocenters. The fourth-order valence-corrected chi connectivity index (χ4v) is 4.73. The van der Waals surface area contributed by atoms with E-state index in [0.29, 0.717) is 6.61 Å². The molecule has 4 nitrogen and oxygen atoms in total. The van der Waals surface area contributed by atoms with Crippen LogP contribution >= 0.6 is 0 Å². The summed E-state index contributed by atoms with van der Waals surface area (Å²) in [6.45, 7) is 4.91. The van der Waals surface area contributed by atoms with Crippen molar-refractivity contribution in [2.24, 2.45) is 0 Å². The van der Waals surface area contributed by atoms with Gasteiger partial charge >= 0.3 is 5.97 Å². The van der Waals surface area contributed by atoms with Crippen LogP contribution in [0.3, 0.4) is 0 Å². The van der Waals surface area contributed by atoms with Crippen LogP contribution in [0.5, 0.6) is 0 Å². The fourth-order valence-electron chi connectivity index (χ4n) is 4.73. The second-order valence-corrected chi connectivity index (χ2v) is 12.6. The summed E-state index contributed by atoms with van der Waals surface area (Å²) in [5.41, 5.74) is 0. The van der Waals surface area contributed by atoms with Crippen LogP contribution in [0.15, 0.2) is 146 Å². The number of esters is 1. The van der Waals surface area contributed by atoms with Crippen LogP contribution < -0.4 is 0 Å². The van der Waals surface area contributed by atoms with Crippen LogP contribution in [0.25, 0.3) is 0 Å². The highest BCUT2D eigenvalue weighted by molar-refractivity contribution is 5.71.